The SMILES string of the molecule is O=Nc1ccc(NCc2ccccc2Sc2ccccc2Cl)c(O)c1. The zero-order valence-electron chi connectivity index (χ0n) is 13.1. The van der Waals surface area contributed by atoms with E-state index >= 15 is 0 Å². The van der Waals surface area contributed by atoms with Crippen LogP contribution in [0.1, 0.15) is 5.56 Å². The topological polar surface area (TPSA) is 61.7 Å². The monoisotopic (exact) mass is 370 g/mol. The van der Waals surface area contributed by atoms with Gasteiger partial charge in [-0.3, -0.25) is 0 Å². The summed E-state index contributed by atoms with van der Waals surface area (Å²) >= 11 is 7.84. The Bertz CT molecular complexity index is 902. The molecule has 6 heteroatoms. The minimum absolute atomic E-state index is 0.00617. The number of halogens is 1. The molecule has 0 aliphatic carbocycles. The Kier molecular flexibility index (Phi) is 5.58. The first kappa shape index (κ1) is 17.3. The Morgan fingerprint density at radius 2 is 1.72 bits per heavy atom. The molecular weight excluding hydrogens is 356 g/mol. The van der Waals surface area contributed by atoms with Crippen molar-refractivity contribution < 1.29 is 5.11 Å². The summed E-state index contributed by atoms with van der Waals surface area (Å²) in [4.78, 5) is 12.6. The molecule has 0 spiro atoms. The Labute approximate surface area is 154 Å². The summed E-state index contributed by atoms with van der Waals surface area (Å²) in [6.45, 7) is 0.523. The second-order valence-electron chi connectivity index (χ2n) is 5.29. The molecule has 3 rings (SSSR count). The van der Waals surface area contributed by atoms with Crippen LogP contribution in [0.25, 0.3) is 0 Å². The minimum Gasteiger partial charge on any atom is -0.506 e. The van der Waals surface area contributed by atoms with Gasteiger partial charge in [-0.1, -0.05) is 53.7 Å². The largest absolute Gasteiger partial charge is 0.506 e. The lowest BCUT2D eigenvalue weighted by molar-refractivity contribution is 0.477. The van der Waals surface area contributed by atoms with Gasteiger partial charge in [-0.25, -0.2) is 0 Å². The molecule has 25 heavy (non-hydrogen) atoms. The van der Waals surface area contributed by atoms with Gasteiger partial charge in [0, 0.05) is 22.4 Å². The van der Waals surface area contributed by atoms with E-state index in [2.05, 4.69) is 10.5 Å². The zero-order valence-corrected chi connectivity index (χ0v) is 14.7. The van der Waals surface area contributed by atoms with Gasteiger partial charge in [0.2, 0.25) is 0 Å². The van der Waals surface area contributed by atoms with Crippen molar-refractivity contribution in [1.29, 1.82) is 0 Å². The molecule has 0 aliphatic rings. The van der Waals surface area contributed by atoms with Gasteiger partial charge in [0.1, 0.15) is 11.4 Å². The highest BCUT2D eigenvalue weighted by Gasteiger charge is 2.08. The third-order valence-electron chi connectivity index (χ3n) is 3.59. The molecule has 0 bridgehead atoms. The zero-order chi connectivity index (χ0) is 17.6. The summed E-state index contributed by atoms with van der Waals surface area (Å²) in [5.41, 5.74) is 1.81. The lowest BCUT2D eigenvalue weighted by atomic mass is 10.2. The molecular formula is C19H15ClN2O2S. The molecule has 0 aromatic heterocycles. The van der Waals surface area contributed by atoms with Crippen molar-refractivity contribution in [3.05, 3.63) is 82.2 Å². The predicted octanol–water partition coefficient (Wildman–Crippen LogP) is 6.21. The van der Waals surface area contributed by atoms with Gasteiger partial charge >= 0.3 is 0 Å². The number of nitroso groups, excluding NO2 is 1. The molecule has 126 valence electrons. The van der Waals surface area contributed by atoms with Crippen molar-refractivity contribution in [2.75, 3.05) is 5.32 Å². The number of hydrogen-bond acceptors (Lipinski definition) is 5. The number of anilines is 1. The Morgan fingerprint density at radius 1 is 1.00 bits per heavy atom. The van der Waals surface area contributed by atoms with E-state index in [9.17, 15) is 10.0 Å². The molecule has 0 fully saturated rings. The smallest absolute Gasteiger partial charge is 0.140 e. The van der Waals surface area contributed by atoms with Gasteiger partial charge in [0.15, 0.2) is 0 Å². The molecule has 0 heterocycles. The number of aromatic hydroxyl groups is 1. The van der Waals surface area contributed by atoms with Gasteiger partial charge in [-0.05, 0) is 41.1 Å². The van der Waals surface area contributed by atoms with E-state index < -0.39 is 0 Å². The number of rotatable bonds is 6. The number of nitrogens with one attached hydrogen (secondary N) is 1. The van der Waals surface area contributed by atoms with Crippen LogP contribution in [0.4, 0.5) is 11.4 Å². The number of phenols is 1. The number of hydrogen-bond donors (Lipinski definition) is 2. The normalized spacial score (nSPS) is 10.4. The molecule has 0 saturated heterocycles. The third-order valence-corrected chi connectivity index (χ3v) is 5.22. The van der Waals surface area contributed by atoms with Gasteiger partial charge in [-0.15, -0.1) is 4.91 Å². The van der Waals surface area contributed by atoms with Crippen LogP contribution in [-0.2, 0) is 6.54 Å². The van der Waals surface area contributed by atoms with Crippen LogP contribution in [0.5, 0.6) is 5.75 Å². The van der Waals surface area contributed by atoms with Crippen molar-refractivity contribution in [1.82, 2.24) is 0 Å². The molecule has 2 N–H and O–H groups in total. The summed E-state index contributed by atoms with van der Waals surface area (Å²) in [6.07, 6.45) is 0. The van der Waals surface area contributed by atoms with Crippen molar-refractivity contribution in [2.24, 2.45) is 5.18 Å². The van der Waals surface area contributed by atoms with Crippen LogP contribution >= 0.6 is 23.4 Å². The average molecular weight is 371 g/mol. The fraction of sp³-hybridized carbons (Fsp3) is 0.0526. The van der Waals surface area contributed by atoms with Gasteiger partial charge in [-0.2, -0.15) is 0 Å². The Balaban J connectivity index is 1.77. The van der Waals surface area contributed by atoms with Crippen LogP contribution in [0.3, 0.4) is 0 Å². The third kappa shape index (κ3) is 4.32. The minimum atomic E-state index is -0.00617. The summed E-state index contributed by atoms with van der Waals surface area (Å²) < 4.78 is 0. The highest BCUT2D eigenvalue weighted by Crippen LogP contribution is 2.35. The highest BCUT2D eigenvalue weighted by atomic mass is 35.5. The van der Waals surface area contributed by atoms with Crippen LogP contribution in [0.15, 0.2) is 81.7 Å². The van der Waals surface area contributed by atoms with Gasteiger partial charge in [0.25, 0.3) is 0 Å². The maximum atomic E-state index is 10.5. The van der Waals surface area contributed by atoms with E-state index in [1.807, 2.05) is 48.5 Å². The number of phenolic OH excluding ortho intramolecular Hbond substituents is 1. The van der Waals surface area contributed by atoms with Crippen molar-refractivity contribution in [2.45, 2.75) is 16.3 Å². The molecule has 0 unspecified atom stereocenters. The lowest BCUT2D eigenvalue weighted by Gasteiger charge is -2.13. The van der Waals surface area contributed by atoms with Gasteiger partial charge < -0.3 is 10.4 Å². The summed E-state index contributed by atoms with van der Waals surface area (Å²) in [6, 6.07) is 20.2. The molecule has 3 aromatic carbocycles. The molecule has 0 radical (unpaired) electrons. The lowest BCUT2D eigenvalue weighted by Crippen LogP contribution is -2.01. The second-order valence-corrected chi connectivity index (χ2v) is 6.78. The highest BCUT2D eigenvalue weighted by molar-refractivity contribution is 7.99. The van der Waals surface area contributed by atoms with Gasteiger partial charge in [0.05, 0.1) is 10.7 Å². The van der Waals surface area contributed by atoms with E-state index in [1.54, 1.807) is 23.9 Å². The van der Waals surface area contributed by atoms with E-state index in [4.69, 9.17) is 11.6 Å². The first-order chi connectivity index (χ1) is 12.2. The van der Waals surface area contributed by atoms with Crippen LogP contribution in [0, 0.1) is 4.91 Å². The second kappa shape index (κ2) is 8.05. The quantitative estimate of drug-likeness (QED) is 0.400. The maximum absolute atomic E-state index is 10.5. The summed E-state index contributed by atoms with van der Waals surface area (Å²) in [7, 11) is 0. The van der Waals surface area contributed by atoms with E-state index in [1.165, 1.54) is 6.07 Å². The van der Waals surface area contributed by atoms with Crippen LogP contribution < -0.4 is 5.32 Å². The molecule has 0 atom stereocenters. The molecule has 3 aromatic rings. The van der Waals surface area contributed by atoms with E-state index in [0.29, 0.717) is 17.3 Å². The Hall–Kier alpha value is -2.50. The van der Waals surface area contributed by atoms with E-state index in [0.717, 1.165) is 15.4 Å². The average Bonchev–Trinajstić information content (AvgIpc) is 2.63. The number of benzene rings is 3. The fourth-order valence-electron chi connectivity index (χ4n) is 2.31. The van der Waals surface area contributed by atoms with Crippen molar-refractivity contribution >= 4 is 34.7 Å². The molecule has 0 aliphatic heterocycles. The molecule has 0 saturated carbocycles. The number of nitrogens with zero attached hydrogens (tertiary/aromatic N) is 1. The van der Waals surface area contributed by atoms with Crippen molar-refractivity contribution in [3.63, 3.8) is 0 Å². The van der Waals surface area contributed by atoms with Crippen LogP contribution in [-0.4, -0.2) is 5.11 Å². The first-order valence-electron chi connectivity index (χ1n) is 7.58. The summed E-state index contributed by atoms with van der Waals surface area (Å²) in [5, 5.41) is 16.7. The standard InChI is InChI=1S/C19H15ClN2O2S/c20-15-6-2-4-8-19(15)25-18-7-3-1-5-13(18)12-21-16-10-9-14(22-24)11-17(16)23/h1-11,21,23H,12H2. The Morgan fingerprint density at radius 3 is 2.44 bits per heavy atom. The van der Waals surface area contributed by atoms with Crippen molar-refractivity contribution in [3.8, 4) is 5.75 Å². The van der Waals surface area contributed by atoms with Crippen LogP contribution in [0.2, 0.25) is 5.02 Å². The summed E-state index contributed by atoms with van der Waals surface area (Å²) in [5.74, 6) is -0.00617. The van der Waals surface area contributed by atoms with E-state index in [-0.39, 0.29) is 11.4 Å². The first-order valence-corrected chi connectivity index (χ1v) is 8.77. The maximum Gasteiger partial charge on any atom is 0.140 e. The fourth-order valence-corrected chi connectivity index (χ4v) is 3.53. The predicted molar refractivity (Wildman–Crippen MR) is 103 cm³/mol. The molecule has 0 amide bonds. The molecule has 4 nitrogen and oxygen atoms in total.